The first kappa shape index (κ1) is 17.1. The number of methoxy groups -OCH3 is 1. The zero-order valence-electron chi connectivity index (χ0n) is 13.9. The molecule has 1 fully saturated rings. The van der Waals surface area contributed by atoms with E-state index in [1.807, 2.05) is 36.0 Å². The van der Waals surface area contributed by atoms with Crippen LogP contribution in [-0.4, -0.2) is 42.4 Å². The zero-order chi connectivity index (χ0) is 16.8. The van der Waals surface area contributed by atoms with Crippen molar-refractivity contribution in [2.45, 2.75) is 24.3 Å². The van der Waals surface area contributed by atoms with Gasteiger partial charge in [0, 0.05) is 24.1 Å². The van der Waals surface area contributed by atoms with Gasteiger partial charge in [-0.1, -0.05) is 60.7 Å². The first-order valence-electron chi connectivity index (χ1n) is 8.27. The summed E-state index contributed by atoms with van der Waals surface area (Å²) in [6, 6.07) is 21.0. The number of hydrogen-bond acceptors (Lipinski definition) is 4. The Morgan fingerprint density at radius 2 is 1.75 bits per heavy atom. The smallest absolute Gasteiger partial charge is 0.323 e. The molecular weight excluding hydrogens is 318 g/mol. The lowest BCUT2D eigenvalue weighted by Gasteiger charge is -2.17. The Kier molecular flexibility index (Phi) is 5.94. The van der Waals surface area contributed by atoms with Gasteiger partial charge in [0.25, 0.3) is 0 Å². The Balaban J connectivity index is 1.51. The molecule has 1 aliphatic heterocycles. The van der Waals surface area contributed by atoms with Gasteiger partial charge in [-0.15, -0.1) is 0 Å². The van der Waals surface area contributed by atoms with Crippen LogP contribution in [0.25, 0.3) is 0 Å². The molecule has 3 rings (SSSR count). The predicted molar refractivity (Wildman–Crippen MR) is 99.0 cm³/mol. The summed E-state index contributed by atoms with van der Waals surface area (Å²) in [5.74, 6) is 1.94. The molecule has 0 spiro atoms. The summed E-state index contributed by atoms with van der Waals surface area (Å²) in [4.78, 5) is 14.4. The van der Waals surface area contributed by atoms with Crippen molar-refractivity contribution < 1.29 is 9.53 Å². The van der Waals surface area contributed by atoms with Gasteiger partial charge in [0.15, 0.2) is 0 Å². The van der Waals surface area contributed by atoms with E-state index in [4.69, 9.17) is 4.74 Å². The van der Waals surface area contributed by atoms with E-state index in [2.05, 4.69) is 41.3 Å². The van der Waals surface area contributed by atoms with Crippen molar-refractivity contribution in [1.29, 1.82) is 0 Å². The number of ether oxygens (including phenoxy) is 1. The highest BCUT2D eigenvalue weighted by Crippen LogP contribution is 2.28. The largest absolute Gasteiger partial charge is 0.468 e. The molecule has 126 valence electrons. The van der Waals surface area contributed by atoms with Crippen LogP contribution < -0.4 is 0 Å². The van der Waals surface area contributed by atoms with Crippen LogP contribution in [0.4, 0.5) is 0 Å². The topological polar surface area (TPSA) is 29.3 Å². The van der Waals surface area contributed by atoms with E-state index in [-0.39, 0.29) is 12.0 Å². The fourth-order valence-electron chi connectivity index (χ4n) is 2.92. The molecule has 0 amide bonds. The lowest BCUT2D eigenvalue weighted by molar-refractivity contribution is -0.144. The molecule has 0 aliphatic carbocycles. The number of carbonyl (C=O) groups is 1. The van der Waals surface area contributed by atoms with Crippen LogP contribution in [0.3, 0.4) is 0 Å². The molecule has 24 heavy (non-hydrogen) atoms. The average molecular weight is 341 g/mol. The monoisotopic (exact) mass is 341 g/mol. The normalized spacial score (nSPS) is 20.4. The van der Waals surface area contributed by atoms with Gasteiger partial charge < -0.3 is 4.74 Å². The lowest BCUT2D eigenvalue weighted by atomic mass is 10.1. The second-order valence-corrected chi connectivity index (χ2v) is 7.11. The zero-order valence-corrected chi connectivity index (χ0v) is 14.7. The van der Waals surface area contributed by atoms with Crippen LogP contribution in [0.2, 0.25) is 0 Å². The van der Waals surface area contributed by atoms with Gasteiger partial charge in [0.2, 0.25) is 0 Å². The maximum absolute atomic E-state index is 12.2. The number of nitrogens with zero attached hydrogens (tertiary/aromatic N) is 1. The van der Waals surface area contributed by atoms with Crippen molar-refractivity contribution >= 4 is 17.7 Å². The Hall–Kier alpha value is -1.78. The predicted octanol–water partition coefficient (Wildman–Crippen LogP) is 3.39. The molecule has 4 heteroatoms. The van der Waals surface area contributed by atoms with Gasteiger partial charge in [-0.05, 0) is 17.5 Å². The van der Waals surface area contributed by atoms with Gasteiger partial charge in [0.05, 0.1) is 7.11 Å². The molecule has 3 atom stereocenters. The number of benzene rings is 2. The number of thioether (sulfide) groups is 1. The number of rotatable bonds is 8. The third kappa shape index (κ3) is 4.62. The highest BCUT2D eigenvalue weighted by atomic mass is 32.2. The summed E-state index contributed by atoms with van der Waals surface area (Å²) < 4.78 is 5.02. The van der Waals surface area contributed by atoms with E-state index >= 15 is 0 Å². The standard InChI is InChI=1S/C20H23NO2S/c1-23-20(22)19(12-16-8-4-2-5-9-16)21-13-18(21)15-24-14-17-10-6-3-7-11-17/h2-11,18-19H,12-15H2,1H3/t18-,19?,21?/m0/s1. The molecule has 2 aromatic rings. The number of hydrogen-bond donors (Lipinski definition) is 0. The van der Waals surface area contributed by atoms with Gasteiger partial charge in [-0.25, -0.2) is 0 Å². The Morgan fingerprint density at radius 1 is 1.12 bits per heavy atom. The number of carbonyl (C=O) groups excluding carboxylic acids is 1. The molecule has 1 heterocycles. The number of esters is 1. The Morgan fingerprint density at radius 3 is 2.38 bits per heavy atom. The SMILES string of the molecule is COC(=O)C(Cc1ccccc1)N1C[C@H]1CSCc1ccccc1. The van der Waals surface area contributed by atoms with Crippen LogP contribution in [0.15, 0.2) is 60.7 Å². The van der Waals surface area contributed by atoms with E-state index in [0.717, 1.165) is 18.1 Å². The molecule has 1 aliphatic rings. The second-order valence-electron chi connectivity index (χ2n) is 6.08. The third-order valence-corrected chi connectivity index (χ3v) is 5.48. The van der Waals surface area contributed by atoms with Crippen LogP contribution in [-0.2, 0) is 21.7 Å². The minimum Gasteiger partial charge on any atom is -0.468 e. The summed E-state index contributed by atoms with van der Waals surface area (Å²) in [7, 11) is 1.48. The second kappa shape index (κ2) is 8.36. The van der Waals surface area contributed by atoms with Crippen molar-refractivity contribution in [3.63, 3.8) is 0 Å². The Labute approximate surface area is 148 Å². The molecule has 2 unspecified atom stereocenters. The van der Waals surface area contributed by atoms with Crippen molar-refractivity contribution in [1.82, 2.24) is 4.90 Å². The summed E-state index contributed by atoms with van der Waals surface area (Å²) in [6.07, 6.45) is 0.716. The van der Waals surface area contributed by atoms with Crippen LogP contribution in [0.5, 0.6) is 0 Å². The summed E-state index contributed by atoms with van der Waals surface area (Å²) in [6.45, 7) is 0.981. The maximum Gasteiger partial charge on any atom is 0.323 e. The first-order chi connectivity index (χ1) is 11.8. The molecule has 0 radical (unpaired) electrons. The molecular formula is C20H23NO2S. The van der Waals surface area contributed by atoms with Crippen molar-refractivity contribution in [3.05, 3.63) is 71.8 Å². The van der Waals surface area contributed by atoms with Crippen LogP contribution in [0.1, 0.15) is 11.1 Å². The highest BCUT2D eigenvalue weighted by molar-refractivity contribution is 7.98. The fourth-order valence-corrected chi connectivity index (χ4v) is 4.04. The highest BCUT2D eigenvalue weighted by Gasteiger charge is 2.43. The van der Waals surface area contributed by atoms with E-state index in [1.165, 1.54) is 18.2 Å². The summed E-state index contributed by atoms with van der Waals surface area (Å²) >= 11 is 1.93. The molecule has 0 saturated carbocycles. The first-order valence-corrected chi connectivity index (χ1v) is 9.42. The van der Waals surface area contributed by atoms with Crippen molar-refractivity contribution in [2.24, 2.45) is 0 Å². The lowest BCUT2D eigenvalue weighted by Crippen LogP contribution is -2.34. The quantitative estimate of drug-likeness (QED) is 0.544. The van der Waals surface area contributed by atoms with E-state index in [1.54, 1.807) is 0 Å². The van der Waals surface area contributed by atoms with Gasteiger partial charge in [0.1, 0.15) is 6.04 Å². The summed E-state index contributed by atoms with van der Waals surface area (Å²) in [5, 5.41) is 0. The third-order valence-electron chi connectivity index (χ3n) is 4.32. The molecule has 2 aromatic carbocycles. The van der Waals surface area contributed by atoms with E-state index in [0.29, 0.717) is 12.5 Å². The molecule has 3 nitrogen and oxygen atoms in total. The average Bonchev–Trinajstić information content (AvgIpc) is 3.40. The van der Waals surface area contributed by atoms with Gasteiger partial charge in [-0.2, -0.15) is 11.8 Å². The van der Waals surface area contributed by atoms with Gasteiger partial charge in [-0.3, -0.25) is 9.69 Å². The van der Waals surface area contributed by atoms with Crippen LogP contribution in [0, 0.1) is 0 Å². The minimum absolute atomic E-state index is 0.130. The molecule has 0 bridgehead atoms. The summed E-state index contributed by atoms with van der Waals surface area (Å²) in [5.41, 5.74) is 2.53. The maximum atomic E-state index is 12.2. The van der Waals surface area contributed by atoms with Crippen molar-refractivity contribution in [2.75, 3.05) is 19.4 Å². The molecule has 1 saturated heterocycles. The van der Waals surface area contributed by atoms with E-state index < -0.39 is 0 Å². The van der Waals surface area contributed by atoms with Gasteiger partial charge >= 0.3 is 5.97 Å². The fraction of sp³-hybridized carbons (Fsp3) is 0.350. The van der Waals surface area contributed by atoms with E-state index in [9.17, 15) is 4.79 Å². The van der Waals surface area contributed by atoms with Crippen molar-refractivity contribution in [3.8, 4) is 0 Å². The van der Waals surface area contributed by atoms with Crippen LogP contribution >= 0.6 is 11.8 Å². The minimum atomic E-state index is -0.167. The molecule has 0 N–H and O–H groups in total. The molecule has 0 aromatic heterocycles. The Bertz CT molecular complexity index is 647.